The van der Waals surface area contributed by atoms with Gasteiger partial charge in [0.25, 0.3) is 0 Å². The fraction of sp³-hybridized carbons (Fsp3) is 0.143. The van der Waals surface area contributed by atoms with Crippen molar-refractivity contribution >= 4 is 22.7 Å². The van der Waals surface area contributed by atoms with Crippen LogP contribution in [0, 0.1) is 0 Å². The van der Waals surface area contributed by atoms with Crippen molar-refractivity contribution < 1.29 is 10.4 Å². The molecule has 0 aliphatic carbocycles. The lowest BCUT2D eigenvalue weighted by Crippen LogP contribution is -2.73. The molecule has 0 radical (unpaired) electrons. The highest BCUT2D eigenvalue weighted by Crippen LogP contribution is 2.36. The SMILES string of the molecule is OCCN1c2ccccc2[NH2+]c2ccccc21. The predicted octanol–water partition coefficient (Wildman–Crippen LogP) is 1.66. The molecule has 1 aliphatic heterocycles. The Morgan fingerprint density at radius 2 is 1.41 bits per heavy atom. The standard InChI is InChI=1S/C14H14N2O/c17-10-9-16-13-7-3-1-5-11(13)15-12-6-2-4-8-14(12)16/h1-8,15,17H,9-10H2/p+1. The van der Waals surface area contributed by atoms with Crippen molar-refractivity contribution in [3.63, 3.8) is 0 Å². The Morgan fingerprint density at radius 1 is 0.882 bits per heavy atom. The molecule has 0 fully saturated rings. The van der Waals surface area contributed by atoms with Gasteiger partial charge in [-0.15, -0.1) is 0 Å². The monoisotopic (exact) mass is 227 g/mol. The average molecular weight is 227 g/mol. The lowest BCUT2D eigenvalue weighted by molar-refractivity contribution is -0.478. The molecule has 1 heterocycles. The van der Waals surface area contributed by atoms with Crippen LogP contribution in [0.25, 0.3) is 0 Å². The molecule has 17 heavy (non-hydrogen) atoms. The first-order valence-corrected chi connectivity index (χ1v) is 5.81. The molecular weight excluding hydrogens is 212 g/mol. The molecule has 0 amide bonds. The number of anilines is 2. The van der Waals surface area contributed by atoms with E-state index in [0.29, 0.717) is 6.54 Å². The number of β-amino-alcohol motifs (C(OH)–C–C–N with tert-alkyl or cyclic N) is 1. The van der Waals surface area contributed by atoms with Crippen molar-refractivity contribution in [1.82, 2.24) is 0 Å². The normalized spacial score (nSPS) is 13.1. The summed E-state index contributed by atoms with van der Waals surface area (Å²) in [5, 5.41) is 11.4. The molecule has 86 valence electrons. The highest BCUT2D eigenvalue weighted by molar-refractivity contribution is 5.80. The number of aliphatic hydroxyl groups excluding tert-OH is 1. The van der Waals surface area contributed by atoms with Crippen molar-refractivity contribution in [2.24, 2.45) is 0 Å². The zero-order valence-corrected chi connectivity index (χ0v) is 9.50. The van der Waals surface area contributed by atoms with Crippen LogP contribution in [0.2, 0.25) is 0 Å². The van der Waals surface area contributed by atoms with Crippen molar-refractivity contribution in [1.29, 1.82) is 0 Å². The fourth-order valence-corrected chi connectivity index (χ4v) is 2.35. The van der Waals surface area contributed by atoms with Crippen LogP contribution in [0.4, 0.5) is 22.7 Å². The molecule has 0 saturated heterocycles. The van der Waals surface area contributed by atoms with E-state index in [2.05, 4.69) is 34.5 Å². The van der Waals surface area contributed by atoms with E-state index in [4.69, 9.17) is 0 Å². The summed E-state index contributed by atoms with van der Waals surface area (Å²) in [5.41, 5.74) is 4.75. The second-order valence-corrected chi connectivity index (χ2v) is 4.14. The van der Waals surface area contributed by atoms with Crippen molar-refractivity contribution in [2.45, 2.75) is 0 Å². The molecule has 3 heteroatoms. The van der Waals surface area contributed by atoms with E-state index in [1.165, 1.54) is 22.7 Å². The topological polar surface area (TPSA) is 40.1 Å². The summed E-state index contributed by atoms with van der Waals surface area (Å²) >= 11 is 0. The molecule has 0 spiro atoms. The number of rotatable bonds is 2. The maximum atomic E-state index is 9.22. The fourth-order valence-electron chi connectivity index (χ4n) is 2.35. The molecule has 0 aromatic heterocycles. The maximum Gasteiger partial charge on any atom is 0.158 e. The summed E-state index contributed by atoms with van der Waals surface area (Å²) in [5.74, 6) is 0. The summed E-state index contributed by atoms with van der Waals surface area (Å²) in [4.78, 5) is 2.17. The third kappa shape index (κ3) is 1.69. The minimum atomic E-state index is 0.155. The first kappa shape index (κ1) is 10.3. The number of hydrogen-bond acceptors (Lipinski definition) is 2. The van der Waals surface area contributed by atoms with E-state index >= 15 is 0 Å². The van der Waals surface area contributed by atoms with Crippen molar-refractivity contribution in [2.75, 3.05) is 18.1 Å². The number of fused-ring (bicyclic) bond motifs is 2. The Kier molecular flexibility index (Phi) is 2.55. The predicted molar refractivity (Wildman–Crippen MR) is 68.2 cm³/mol. The van der Waals surface area contributed by atoms with Gasteiger partial charge >= 0.3 is 0 Å². The van der Waals surface area contributed by atoms with Crippen molar-refractivity contribution in [3.05, 3.63) is 48.5 Å². The van der Waals surface area contributed by atoms with Gasteiger partial charge in [0.05, 0.1) is 6.61 Å². The second-order valence-electron chi connectivity index (χ2n) is 4.14. The molecule has 1 aliphatic rings. The Balaban J connectivity index is 2.13. The van der Waals surface area contributed by atoms with E-state index in [1.807, 2.05) is 24.3 Å². The van der Waals surface area contributed by atoms with Gasteiger partial charge in [0.2, 0.25) is 0 Å². The number of quaternary nitrogens is 1. The molecule has 2 aromatic carbocycles. The second kappa shape index (κ2) is 4.20. The van der Waals surface area contributed by atoms with Crippen molar-refractivity contribution in [3.8, 4) is 0 Å². The molecule has 3 nitrogen and oxygen atoms in total. The third-order valence-corrected chi connectivity index (χ3v) is 3.09. The van der Waals surface area contributed by atoms with Gasteiger partial charge in [0.15, 0.2) is 11.4 Å². The Bertz CT molecular complexity index is 494. The summed E-state index contributed by atoms with van der Waals surface area (Å²) in [6.45, 7) is 0.782. The van der Waals surface area contributed by atoms with Gasteiger partial charge in [-0.2, -0.15) is 0 Å². The van der Waals surface area contributed by atoms with Gasteiger partial charge < -0.3 is 10.0 Å². The summed E-state index contributed by atoms with van der Waals surface area (Å²) in [6, 6.07) is 16.6. The first-order chi connectivity index (χ1) is 8.40. The van der Waals surface area contributed by atoms with E-state index in [9.17, 15) is 5.11 Å². The Labute approximate surface area is 100 Å². The number of para-hydroxylation sites is 4. The lowest BCUT2D eigenvalue weighted by atomic mass is 10.1. The molecule has 3 rings (SSSR count). The van der Waals surface area contributed by atoms with Crippen LogP contribution in [0.1, 0.15) is 0 Å². The van der Waals surface area contributed by atoms with Crippen LogP contribution in [-0.4, -0.2) is 18.3 Å². The smallest absolute Gasteiger partial charge is 0.158 e. The molecule has 2 aromatic rings. The molecule has 0 unspecified atom stereocenters. The molecule has 0 atom stereocenters. The number of hydrogen-bond donors (Lipinski definition) is 2. The average Bonchev–Trinajstić information content (AvgIpc) is 2.39. The quantitative estimate of drug-likeness (QED) is 0.766. The lowest BCUT2D eigenvalue weighted by Gasteiger charge is -2.29. The highest BCUT2D eigenvalue weighted by atomic mass is 16.3. The number of aliphatic hydroxyl groups is 1. The van der Waals surface area contributed by atoms with Gasteiger partial charge in [-0.25, -0.2) is 0 Å². The van der Waals surface area contributed by atoms with E-state index in [1.54, 1.807) is 0 Å². The van der Waals surface area contributed by atoms with Gasteiger partial charge in [0.1, 0.15) is 11.4 Å². The minimum Gasteiger partial charge on any atom is -0.395 e. The van der Waals surface area contributed by atoms with Crippen LogP contribution in [0.3, 0.4) is 0 Å². The van der Waals surface area contributed by atoms with Crippen LogP contribution in [0.5, 0.6) is 0 Å². The van der Waals surface area contributed by atoms with Gasteiger partial charge in [0, 0.05) is 18.7 Å². The zero-order valence-electron chi connectivity index (χ0n) is 9.50. The minimum absolute atomic E-state index is 0.155. The maximum absolute atomic E-state index is 9.22. The highest BCUT2D eigenvalue weighted by Gasteiger charge is 2.24. The summed E-state index contributed by atoms with van der Waals surface area (Å²) < 4.78 is 0. The molecule has 0 bridgehead atoms. The Morgan fingerprint density at radius 3 is 1.94 bits per heavy atom. The summed E-state index contributed by atoms with van der Waals surface area (Å²) in [7, 11) is 0. The third-order valence-electron chi connectivity index (χ3n) is 3.09. The van der Waals surface area contributed by atoms with E-state index < -0.39 is 0 Å². The van der Waals surface area contributed by atoms with Gasteiger partial charge in [-0.05, 0) is 12.1 Å². The molecule has 3 N–H and O–H groups in total. The Hall–Kier alpha value is -1.84. The van der Waals surface area contributed by atoms with Crippen LogP contribution in [0.15, 0.2) is 48.5 Å². The number of benzene rings is 2. The number of nitrogens with zero attached hydrogens (tertiary/aromatic N) is 1. The van der Waals surface area contributed by atoms with Crippen LogP contribution < -0.4 is 10.2 Å². The first-order valence-electron chi connectivity index (χ1n) is 5.81. The number of nitrogens with two attached hydrogens (primary N) is 1. The largest absolute Gasteiger partial charge is 0.395 e. The van der Waals surface area contributed by atoms with Gasteiger partial charge in [-0.1, -0.05) is 24.3 Å². The van der Waals surface area contributed by atoms with Crippen LogP contribution >= 0.6 is 0 Å². The van der Waals surface area contributed by atoms with Crippen LogP contribution in [-0.2, 0) is 0 Å². The molecule has 0 saturated carbocycles. The van der Waals surface area contributed by atoms with E-state index in [0.717, 1.165) is 0 Å². The molecular formula is C14H15N2O+. The van der Waals surface area contributed by atoms with E-state index in [-0.39, 0.29) is 6.61 Å². The van der Waals surface area contributed by atoms with Gasteiger partial charge in [-0.3, -0.25) is 5.32 Å². The zero-order chi connectivity index (χ0) is 11.7. The summed E-state index contributed by atoms with van der Waals surface area (Å²) in [6.07, 6.45) is 0.